The van der Waals surface area contributed by atoms with Crippen LogP contribution in [0.15, 0.2) is 18.3 Å². The molecule has 20 heavy (non-hydrogen) atoms. The Morgan fingerprint density at radius 3 is 3.10 bits per heavy atom. The number of pyridine rings is 1. The molecule has 3 rings (SSSR count). The Kier molecular flexibility index (Phi) is 4.22. The molecule has 0 spiro atoms. The second kappa shape index (κ2) is 6.10. The van der Waals surface area contributed by atoms with Crippen molar-refractivity contribution in [1.29, 1.82) is 0 Å². The van der Waals surface area contributed by atoms with Gasteiger partial charge in [0.05, 0.1) is 0 Å². The molecule has 0 radical (unpaired) electrons. The highest BCUT2D eigenvalue weighted by atomic mass is 15.2. The first-order valence-corrected chi connectivity index (χ1v) is 7.83. The number of likely N-dealkylation sites (tertiary alicyclic amines) is 1. The molecule has 1 aromatic heterocycles. The largest absolute Gasteiger partial charge is 0.356 e. The maximum Gasteiger partial charge on any atom is 0.133 e. The topological polar surface area (TPSA) is 31.4 Å². The van der Waals surface area contributed by atoms with Crippen molar-refractivity contribution >= 4 is 5.82 Å². The van der Waals surface area contributed by atoms with Gasteiger partial charge in [0.15, 0.2) is 0 Å². The number of hydrogen-bond donors (Lipinski definition) is 1. The van der Waals surface area contributed by atoms with Crippen molar-refractivity contribution in [2.24, 2.45) is 5.92 Å². The van der Waals surface area contributed by atoms with E-state index in [1.165, 1.54) is 43.7 Å². The number of anilines is 1. The third kappa shape index (κ3) is 2.67. The van der Waals surface area contributed by atoms with Crippen molar-refractivity contribution in [1.82, 2.24) is 15.2 Å². The molecule has 2 unspecified atom stereocenters. The van der Waals surface area contributed by atoms with Gasteiger partial charge in [-0.25, -0.2) is 4.98 Å². The summed E-state index contributed by atoms with van der Waals surface area (Å²) in [6.07, 6.45) is 5.92. The summed E-state index contributed by atoms with van der Waals surface area (Å²) in [5, 5.41) is 3.25. The zero-order valence-electron chi connectivity index (χ0n) is 12.7. The highest BCUT2D eigenvalue weighted by molar-refractivity contribution is 5.47. The second-order valence-corrected chi connectivity index (χ2v) is 6.20. The Hall–Kier alpha value is -1.13. The molecule has 0 aromatic carbocycles. The molecule has 3 heterocycles. The lowest BCUT2D eigenvalue weighted by molar-refractivity contribution is 0.102. The zero-order valence-corrected chi connectivity index (χ0v) is 12.7. The van der Waals surface area contributed by atoms with E-state index in [0.717, 1.165) is 25.0 Å². The Morgan fingerprint density at radius 1 is 1.35 bits per heavy atom. The van der Waals surface area contributed by atoms with E-state index in [4.69, 9.17) is 0 Å². The molecule has 4 heteroatoms. The van der Waals surface area contributed by atoms with E-state index < -0.39 is 0 Å². The molecular weight excluding hydrogens is 248 g/mol. The highest BCUT2D eigenvalue weighted by Gasteiger charge is 2.34. The number of nitrogens with zero attached hydrogens (tertiary/aromatic N) is 3. The number of hydrogen-bond acceptors (Lipinski definition) is 4. The van der Waals surface area contributed by atoms with Crippen molar-refractivity contribution in [2.45, 2.75) is 31.8 Å². The van der Waals surface area contributed by atoms with Crippen LogP contribution in [0.3, 0.4) is 0 Å². The lowest BCUT2D eigenvalue weighted by Crippen LogP contribution is -2.53. The van der Waals surface area contributed by atoms with Crippen LogP contribution in [0.5, 0.6) is 0 Å². The van der Waals surface area contributed by atoms with Gasteiger partial charge in [0.1, 0.15) is 5.82 Å². The summed E-state index contributed by atoms with van der Waals surface area (Å²) in [6, 6.07) is 5.02. The van der Waals surface area contributed by atoms with Crippen molar-refractivity contribution in [3.63, 3.8) is 0 Å². The van der Waals surface area contributed by atoms with Gasteiger partial charge in [-0.1, -0.05) is 6.07 Å². The van der Waals surface area contributed by atoms with Crippen LogP contribution in [-0.4, -0.2) is 49.7 Å². The first-order chi connectivity index (χ1) is 9.79. The van der Waals surface area contributed by atoms with E-state index >= 15 is 0 Å². The summed E-state index contributed by atoms with van der Waals surface area (Å²) in [6.45, 7) is 4.48. The van der Waals surface area contributed by atoms with Gasteiger partial charge in [0, 0.05) is 37.4 Å². The minimum Gasteiger partial charge on any atom is -0.356 e. The van der Waals surface area contributed by atoms with Crippen molar-refractivity contribution < 1.29 is 0 Å². The van der Waals surface area contributed by atoms with E-state index in [-0.39, 0.29) is 0 Å². The van der Waals surface area contributed by atoms with E-state index in [1.807, 2.05) is 19.3 Å². The fourth-order valence-electron chi connectivity index (χ4n) is 3.89. The molecule has 110 valence electrons. The van der Waals surface area contributed by atoms with Crippen LogP contribution in [0.2, 0.25) is 0 Å². The Balaban J connectivity index is 1.76. The molecule has 2 atom stereocenters. The van der Waals surface area contributed by atoms with Gasteiger partial charge in [-0.05, 0) is 51.9 Å². The maximum atomic E-state index is 4.65. The van der Waals surface area contributed by atoms with E-state index in [1.54, 1.807) is 0 Å². The molecule has 0 amide bonds. The molecule has 2 aliphatic heterocycles. The minimum absolute atomic E-state index is 0.788. The summed E-state index contributed by atoms with van der Waals surface area (Å²) in [7, 11) is 4.29. The number of rotatable bonds is 3. The van der Waals surface area contributed by atoms with Gasteiger partial charge in [0.2, 0.25) is 0 Å². The molecule has 2 fully saturated rings. The molecule has 4 nitrogen and oxygen atoms in total. The van der Waals surface area contributed by atoms with Gasteiger partial charge < -0.3 is 15.1 Å². The van der Waals surface area contributed by atoms with Crippen LogP contribution < -0.4 is 10.2 Å². The van der Waals surface area contributed by atoms with Gasteiger partial charge in [-0.2, -0.15) is 0 Å². The summed E-state index contributed by atoms with van der Waals surface area (Å²) in [5.41, 5.74) is 1.32. The number of piperidine rings is 2. The van der Waals surface area contributed by atoms with Crippen LogP contribution >= 0.6 is 0 Å². The van der Waals surface area contributed by atoms with E-state index in [2.05, 4.69) is 33.2 Å². The van der Waals surface area contributed by atoms with Crippen molar-refractivity contribution in [2.75, 3.05) is 38.6 Å². The fraction of sp³-hybridized carbons (Fsp3) is 0.688. The first-order valence-electron chi connectivity index (χ1n) is 7.83. The Bertz CT molecular complexity index is 448. The Labute approximate surface area is 122 Å². The normalized spacial score (nSPS) is 27.4. The predicted molar refractivity (Wildman–Crippen MR) is 83.0 cm³/mol. The smallest absolute Gasteiger partial charge is 0.133 e. The average Bonchev–Trinajstić information content (AvgIpc) is 2.48. The molecule has 1 aromatic rings. The van der Waals surface area contributed by atoms with Gasteiger partial charge in [-0.3, -0.25) is 0 Å². The molecule has 1 N–H and O–H groups in total. The van der Waals surface area contributed by atoms with E-state index in [9.17, 15) is 0 Å². The van der Waals surface area contributed by atoms with Gasteiger partial charge in [-0.15, -0.1) is 0 Å². The van der Waals surface area contributed by atoms with Gasteiger partial charge in [0.25, 0.3) is 0 Å². The van der Waals surface area contributed by atoms with Crippen LogP contribution in [0.25, 0.3) is 0 Å². The summed E-state index contributed by atoms with van der Waals surface area (Å²) in [5.74, 6) is 2.00. The molecule has 2 saturated heterocycles. The number of aromatic nitrogens is 1. The van der Waals surface area contributed by atoms with Crippen LogP contribution in [-0.2, 0) is 6.54 Å². The average molecular weight is 274 g/mol. The third-order valence-corrected chi connectivity index (χ3v) is 4.88. The molecule has 0 aliphatic carbocycles. The molecular formula is C16H26N4. The standard InChI is InChI=1S/C16H26N4/c1-17-11-13-5-3-8-18-16(13)20-10-7-15-14(12-20)6-4-9-19(15)2/h3,5,8,14-15,17H,4,6-7,9-12H2,1-2H3. The Morgan fingerprint density at radius 2 is 2.25 bits per heavy atom. The number of nitrogens with one attached hydrogen (secondary N) is 1. The first kappa shape index (κ1) is 13.8. The van der Waals surface area contributed by atoms with Crippen molar-refractivity contribution in [3.8, 4) is 0 Å². The van der Waals surface area contributed by atoms with E-state index in [0.29, 0.717) is 0 Å². The molecule has 0 bridgehead atoms. The highest BCUT2D eigenvalue weighted by Crippen LogP contribution is 2.32. The second-order valence-electron chi connectivity index (χ2n) is 6.20. The van der Waals surface area contributed by atoms with Crippen LogP contribution in [0.4, 0.5) is 5.82 Å². The SMILES string of the molecule is CNCc1cccnc1N1CCC2C(CCCN2C)C1. The van der Waals surface area contributed by atoms with Crippen molar-refractivity contribution in [3.05, 3.63) is 23.9 Å². The summed E-state index contributed by atoms with van der Waals surface area (Å²) in [4.78, 5) is 9.72. The number of fused-ring (bicyclic) bond motifs is 1. The minimum atomic E-state index is 0.788. The van der Waals surface area contributed by atoms with Crippen LogP contribution in [0, 0.1) is 5.92 Å². The molecule has 0 saturated carbocycles. The fourth-order valence-corrected chi connectivity index (χ4v) is 3.89. The monoisotopic (exact) mass is 274 g/mol. The van der Waals surface area contributed by atoms with Crippen LogP contribution in [0.1, 0.15) is 24.8 Å². The lowest BCUT2D eigenvalue weighted by Gasteiger charge is -2.46. The predicted octanol–water partition coefficient (Wildman–Crippen LogP) is 1.72. The lowest BCUT2D eigenvalue weighted by atomic mass is 9.84. The quantitative estimate of drug-likeness (QED) is 0.909. The third-order valence-electron chi connectivity index (χ3n) is 4.88. The van der Waals surface area contributed by atoms with Gasteiger partial charge >= 0.3 is 0 Å². The summed E-state index contributed by atoms with van der Waals surface area (Å²) >= 11 is 0. The molecule has 2 aliphatic rings. The maximum absolute atomic E-state index is 4.65. The summed E-state index contributed by atoms with van der Waals surface area (Å²) < 4.78 is 0. The zero-order chi connectivity index (χ0) is 13.9.